The number of nitrogens with one attached hydrogen (secondary N) is 2. The molecule has 0 atom stereocenters. The SMILES string of the molecule is O=C(O)c1ccc(S(=O)(=O)Nc2ccc(-c3ccn[nH]3)cc2)c(Br)c1. The molecule has 0 radical (unpaired) electrons. The largest absolute Gasteiger partial charge is 0.478 e. The van der Waals surface area contributed by atoms with Crippen LogP contribution in [0.5, 0.6) is 0 Å². The Kier molecular flexibility index (Phi) is 4.60. The molecule has 0 amide bonds. The highest BCUT2D eigenvalue weighted by atomic mass is 79.9. The van der Waals surface area contributed by atoms with Crippen molar-refractivity contribution in [1.29, 1.82) is 0 Å². The van der Waals surface area contributed by atoms with Gasteiger partial charge in [-0.25, -0.2) is 13.2 Å². The zero-order valence-electron chi connectivity index (χ0n) is 12.6. The summed E-state index contributed by atoms with van der Waals surface area (Å²) in [5.74, 6) is -1.13. The molecule has 7 nitrogen and oxygen atoms in total. The Balaban J connectivity index is 1.85. The molecule has 0 unspecified atom stereocenters. The number of hydrogen-bond acceptors (Lipinski definition) is 4. The van der Waals surface area contributed by atoms with Gasteiger partial charge in [-0.05, 0) is 57.9 Å². The zero-order valence-corrected chi connectivity index (χ0v) is 15.0. The predicted octanol–water partition coefficient (Wildman–Crippen LogP) is 3.34. The average molecular weight is 422 g/mol. The molecule has 0 aliphatic carbocycles. The molecule has 25 heavy (non-hydrogen) atoms. The number of halogens is 1. The molecule has 0 saturated heterocycles. The van der Waals surface area contributed by atoms with Crippen molar-refractivity contribution >= 4 is 37.6 Å². The minimum absolute atomic E-state index is 0.00487. The molecule has 0 aliphatic heterocycles. The van der Waals surface area contributed by atoms with E-state index in [1.807, 2.05) is 0 Å². The van der Waals surface area contributed by atoms with Crippen LogP contribution in [0.4, 0.5) is 5.69 Å². The third-order valence-corrected chi connectivity index (χ3v) is 5.78. The lowest BCUT2D eigenvalue weighted by Gasteiger charge is -2.10. The van der Waals surface area contributed by atoms with Crippen molar-refractivity contribution in [1.82, 2.24) is 10.2 Å². The second-order valence-electron chi connectivity index (χ2n) is 5.10. The highest BCUT2D eigenvalue weighted by Gasteiger charge is 2.19. The molecular formula is C16H12BrN3O4S. The Morgan fingerprint density at radius 3 is 2.40 bits per heavy atom. The fraction of sp³-hybridized carbons (Fsp3) is 0. The number of aromatic amines is 1. The standard InChI is InChI=1S/C16H12BrN3O4S/c17-13-9-11(16(21)22)3-6-15(13)25(23,24)20-12-4-1-10(2-5-12)14-7-8-18-19-14/h1-9,20H,(H,18,19)(H,21,22). The lowest BCUT2D eigenvalue weighted by atomic mass is 10.1. The molecule has 128 valence electrons. The van der Waals surface area contributed by atoms with Gasteiger partial charge in [-0.3, -0.25) is 9.82 Å². The first-order chi connectivity index (χ1) is 11.9. The summed E-state index contributed by atoms with van der Waals surface area (Å²) >= 11 is 3.11. The first-order valence-electron chi connectivity index (χ1n) is 7.02. The van der Waals surface area contributed by atoms with Crippen LogP contribution in [0.2, 0.25) is 0 Å². The Bertz CT molecular complexity index is 1020. The summed E-state index contributed by atoms with van der Waals surface area (Å²) in [6.07, 6.45) is 1.63. The maximum atomic E-state index is 12.5. The molecule has 3 aromatic rings. The quantitative estimate of drug-likeness (QED) is 0.584. The number of carboxylic acid groups (broad SMARTS) is 1. The number of hydrogen-bond donors (Lipinski definition) is 3. The number of rotatable bonds is 5. The van der Waals surface area contributed by atoms with E-state index in [-0.39, 0.29) is 14.9 Å². The van der Waals surface area contributed by atoms with Crippen LogP contribution in [0.25, 0.3) is 11.3 Å². The van der Waals surface area contributed by atoms with Gasteiger partial charge >= 0.3 is 5.97 Å². The molecule has 0 saturated carbocycles. The fourth-order valence-electron chi connectivity index (χ4n) is 2.20. The van der Waals surface area contributed by atoms with E-state index >= 15 is 0 Å². The van der Waals surface area contributed by atoms with Gasteiger partial charge in [0.2, 0.25) is 0 Å². The third-order valence-electron chi connectivity index (χ3n) is 3.42. The number of aromatic carboxylic acids is 1. The minimum atomic E-state index is -3.86. The van der Waals surface area contributed by atoms with Crippen molar-refractivity contribution in [2.45, 2.75) is 4.90 Å². The van der Waals surface area contributed by atoms with Gasteiger partial charge in [0, 0.05) is 16.4 Å². The summed E-state index contributed by atoms with van der Waals surface area (Å²) in [6, 6.07) is 12.3. The van der Waals surface area contributed by atoms with Gasteiger partial charge in [-0.2, -0.15) is 5.10 Å². The third kappa shape index (κ3) is 3.72. The average Bonchev–Trinajstić information content (AvgIpc) is 3.09. The van der Waals surface area contributed by atoms with E-state index in [9.17, 15) is 13.2 Å². The van der Waals surface area contributed by atoms with E-state index in [0.717, 1.165) is 11.3 Å². The summed E-state index contributed by atoms with van der Waals surface area (Å²) in [6.45, 7) is 0. The van der Waals surface area contributed by atoms with Crippen LogP contribution in [0.15, 0.2) is 64.1 Å². The van der Waals surface area contributed by atoms with Crippen molar-refractivity contribution in [3.8, 4) is 11.3 Å². The second kappa shape index (κ2) is 6.69. The minimum Gasteiger partial charge on any atom is -0.478 e. The van der Waals surface area contributed by atoms with E-state index in [0.29, 0.717) is 5.69 Å². The van der Waals surface area contributed by atoms with Gasteiger partial charge in [-0.15, -0.1) is 0 Å². The van der Waals surface area contributed by atoms with Gasteiger partial charge in [0.25, 0.3) is 10.0 Å². The number of sulfonamides is 1. The van der Waals surface area contributed by atoms with Crippen LogP contribution < -0.4 is 4.72 Å². The molecule has 0 fully saturated rings. The highest BCUT2D eigenvalue weighted by Crippen LogP contribution is 2.26. The summed E-state index contributed by atoms with van der Waals surface area (Å²) < 4.78 is 27.7. The lowest BCUT2D eigenvalue weighted by Crippen LogP contribution is -2.14. The molecule has 3 N–H and O–H groups in total. The van der Waals surface area contributed by atoms with Crippen molar-refractivity contribution in [3.63, 3.8) is 0 Å². The first kappa shape index (κ1) is 17.2. The van der Waals surface area contributed by atoms with Gasteiger partial charge in [0.15, 0.2) is 0 Å². The van der Waals surface area contributed by atoms with Crippen LogP contribution in [-0.2, 0) is 10.0 Å². The number of H-pyrrole nitrogens is 1. The highest BCUT2D eigenvalue weighted by molar-refractivity contribution is 9.10. The van der Waals surface area contributed by atoms with Gasteiger partial charge < -0.3 is 5.11 Å². The smallest absolute Gasteiger partial charge is 0.335 e. The van der Waals surface area contributed by atoms with Gasteiger partial charge in [0.05, 0.1) is 11.3 Å². The van der Waals surface area contributed by atoms with E-state index < -0.39 is 16.0 Å². The number of carbonyl (C=O) groups is 1. The number of nitrogens with zero attached hydrogens (tertiary/aromatic N) is 1. The first-order valence-corrected chi connectivity index (χ1v) is 9.30. The molecule has 2 aromatic carbocycles. The second-order valence-corrected chi connectivity index (χ2v) is 7.61. The van der Waals surface area contributed by atoms with Crippen molar-refractivity contribution in [2.75, 3.05) is 4.72 Å². The molecule has 0 aliphatic rings. The molecule has 1 aromatic heterocycles. The number of anilines is 1. The fourth-order valence-corrected chi connectivity index (χ4v) is 4.33. The van der Waals surface area contributed by atoms with Crippen LogP contribution >= 0.6 is 15.9 Å². The van der Waals surface area contributed by atoms with Crippen molar-refractivity contribution in [2.24, 2.45) is 0 Å². The molecule has 3 rings (SSSR count). The molecule has 0 spiro atoms. The lowest BCUT2D eigenvalue weighted by molar-refractivity contribution is 0.0696. The number of carboxylic acids is 1. The summed E-state index contributed by atoms with van der Waals surface area (Å²) in [5, 5.41) is 15.6. The van der Waals surface area contributed by atoms with Crippen LogP contribution in [0.3, 0.4) is 0 Å². The van der Waals surface area contributed by atoms with Crippen molar-refractivity contribution < 1.29 is 18.3 Å². The summed E-state index contributed by atoms with van der Waals surface area (Å²) in [4.78, 5) is 10.9. The Labute approximate surface area is 151 Å². The van der Waals surface area contributed by atoms with Crippen LogP contribution in [0.1, 0.15) is 10.4 Å². The van der Waals surface area contributed by atoms with Crippen LogP contribution in [-0.4, -0.2) is 29.7 Å². The maximum Gasteiger partial charge on any atom is 0.335 e. The topological polar surface area (TPSA) is 112 Å². The van der Waals surface area contributed by atoms with E-state index in [1.54, 1.807) is 36.5 Å². The normalized spacial score (nSPS) is 11.2. The Morgan fingerprint density at radius 1 is 1.12 bits per heavy atom. The van der Waals surface area contributed by atoms with Crippen LogP contribution in [0, 0.1) is 0 Å². The number of aromatic nitrogens is 2. The van der Waals surface area contributed by atoms with Crippen molar-refractivity contribution in [3.05, 3.63) is 64.8 Å². The summed E-state index contributed by atoms with van der Waals surface area (Å²) in [7, 11) is -3.86. The molecule has 9 heteroatoms. The number of benzene rings is 2. The Hall–Kier alpha value is -2.65. The molecular weight excluding hydrogens is 410 g/mol. The predicted molar refractivity (Wildman–Crippen MR) is 95.9 cm³/mol. The van der Waals surface area contributed by atoms with Gasteiger partial charge in [0.1, 0.15) is 4.90 Å². The van der Waals surface area contributed by atoms with E-state index in [1.165, 1.54) is 18.2 Å². The van der Waals surface area contributed by atoms with Gasteiger partial charge in [-0.1, -0.05) is 12.1 Å². The van der Waals surface area contributed by atoms with E-state index in [2.05, 4.69) is 30.8 Å². The Morgan fingerprint density at radius 2 is 1.84 bits per heavy atom. The maximum absolute atomic E-state index is 12.5. The molecule has 1 heterocycles. The van der Waals surface area contributed by atoms with E-state index in [4.69, 9.17) is 5.11 Å². The zero-order chi connectivity index (χ0) is 18.0. The summed E-state index contributed by atoms with van der Waals surface area (Å²) in [5.41, 5.74) is 2.07. The molecule has 0 bridgehead atoms. The monoisotopic (exact) mass is 421 g/mol.